The van der Waals surface area contributed by atoms with Crippen LogP contribution in [0.25, 0.3) is 0 Å². The van der Waals surface area contributed by atoms with Crippen LogP contribution in [-0.4, -0.2) is 48.5 Å². The van der Waals surface area contributed by atoms with Gasteiger partial charge in [0.15, 0.2) is 0 Å². The summed E-state index contributed by atoms with van der Waals surface area (Å²) in [4.78, 5) is 13.7. The zero-order valence-electron chi connectivity index (χ0n) is 8.66. The quantitative estimate of drug-likeness (QED) is 0.729. The Morgan fingerprint density at radius 3 is 3.14 bits per heavy atom. The van der Waals surface area contributed by atoms with Gasteiger partial charge in [-0.05, 0) is 31.6 Å². The van der Waals surface area contributed by atoms with E-state index in [-0.39, 0.29) is 0 Å². The van der Waals surface area contributed by atoms with E-state index in [1.54, 1.807) is 11.8 Å². The van der Waals surface area contributed by atoms with Crippen LogP contribution in [0.2, 0.25) is 0 Å². The van der Waals surface area contributed by atoms with Crippen molar-refractivity contribution in [3.8, 4) is 0 Å². The zero-order valence-corrected chi connectivity index (χ0v) is 9.48. The van der Waals surface area contributed by atoms with Crippen LogP contribution >= 0.6 is 11.8 Å². The van der Waals surface area contributed by atoms with Crippen molar-refractivity contribution in [1.29, 1.82) is 0 Å². The van der Waals surface area contributed by atoms with E-state index in [0.717, 1.165) is 25.6 Å². The van der Waals surface area contributed by atoms with Crippen LogP contribution in [-0.2, 0) is 4.79 Å². The highest BCUT2D eigenvalue weighted by Crippen LogP contribution is 2.25. The van der Waals surface area contributed by atoms with Crippen molar-refractivity contribution in [2.24, 2.45) is 5.92 Å². The molecule has 0 spiro atoms. The third-order valence-electron chi connectivity index (χ3n) is 3.22. The Kier molecular flexibility index (Phi) is 3.34. The molecule has 2 fully saturated rings. The highest BCUT2D eigenvalue weighted by molar-refractivity contribution is 7.99. The lowest BCUT2D eigenvalue weighted by Gasteiger charge is -2.24. The molecule has 2 aliphatic rings. The largest absolute Gasteiger partial charge is 0.340 e. The van der Waals surface area contributed by atoms with Crippen LogP contribution in [0.3, 0.4) is 0 Å². The second-order valence-corrected chi connectivity index (χ2v) is 5.06. The van der Waals surface area contributed by atoms with Gasteiger partial charge >= 0.3 is 0 Å². The number of rotatable bonds is 2. The topological polar surface area (TPSA) is 32.3 Å². The number of piperidine rings is 1. The molecule has 2 rings (SSSR count). The monoisotopic (exact) mass is 214 g/mol. The first kappa shape index (κ1) is 10.3. The molecular weight excluding hydrogens is 196 g/mol. The van der Waals surface area contributed by atoms with Crippen molar-refractivity contribution < 1.29 is 4.79 Å². The van der Waals surface area contributed by atoms with E-state index in [2.05, 4.69) is 5.32 Å². The van der Waals surface area contributed by atoms with Gasteiger partial charge in [0.05, 0.1) is 5.75 Å². The van der Waals surface area contributed by atoms with E-state index < -0.39 is 0 Å². The number of hydrogen-bond donors (Lipinski definition) is 1. The maximum atomic E-state index is 11.7. The summed E-state index contributed by atoms with van der Waals surface area (Å²) < 4.78 is 0. The summed E-state index contributed by atoms with van der Waals surface area (Å²) in [5, 5.41) is 3.51. The Labute approximate surface area is 89.6 Å². The van der Waals surface area contributed by atoms with Gasteiger partial charge in [0.25, 0.3) is 0 Å². The number of fused-ring (bicyclic) bond motifs is 1. The molecule has 0 saturated carbocycles. The standard InChI is InChI=1S/C10H18N2OS/c1-14-7-10(13)12-5-8-3-2-4-11-9(8)6-12/h8-9,11H,2-7H2,1H3. The van der Waals surface area contributed by atoms with Crippen LogP contribution in [0.5, 0.6) is 0 Å². The predicted molar refractivity (Wildman–Crippen MR) is 59.5 cm³/mol. The van der Waals surface area contributed by atoms with E-state index in [9.17, 15) is 4.79 Å². The molecule has 0 aromatic heterocycles. The smallest absolute Gasteiger partial charge is 0.232 e. The van der Waals surface area contributed by atoms with Crippen molar-refractivity contribution in [3.05, 3.63) is 0 Å². The highest BCUT2D eigenvalue weighted by atomic mass is 32.2. The summed E-state index contributed by atoms with van der Waals surface area (Å²) in [6, 6.07) is 0.578. The molecule has 2 saturated heterocycles. The summed E-state index contributed by atoms with van der Waals surface area (Å²) in [5.74, 6) is 1.67. The molecule has 14 heavy (non-hydrogen) atoms. The van der Waals surface area contributed by atoms with Gasteiger partial charge in [0.1, 0.15) is 0 Å². The number of amides is 1. The molecule has 4 heteroatoms. The second kappa shape index (κ2) is 4.53. The minimum atomic E-state index is 0.314. The Balaban J connectivity index is 1.89. The molecule has 2 atom stereocenters. The van der Waals surface area contributed by atoms with Crippen LogP contribution in [0.1, 0.15) is 12.8 Å². The number of nitrogens with zero attached hydrogens (tertiary/aromatic N) is 1. The van der Waals surface area contributed by atoms with Gasteiger partial charge in [-0.1, -0.05) is 0 Å². The third kappa shape index (κ3) is 2.06. The number of thioether (sulfide) groups is 1. The van der Waals surface area contributed by atoms with E-state index in [0.29, 0.717) is 17.7 Å². The molecule has 0 aliphatic carbocycles. The number of carbonyl (C=O) groups excluding carboxylic acids is 1. The molecule has 1 N–H and O–H groups in total. The summed E-state index contributed by atoms with van der Waals surface area (Å²) >= 11 is 1.62. The number of likely N-dealkylation sites (tertiary alicyclic amines) is 1. The SMILES string of the molecule is CSCC(=O)N1CC2CCCNC2C1. The second-order valence-electron chi connectivity index (χ2n) is 4.19. The molecule has 0 radical (unpaired) electrons. The van der Waals surface area contributed by atoms with Crippen molar-refractivity contribution in [1.82, 2.24) is 10.2 Å². The van der Waals surface area contributed by atoms with Crippen molar-refractivity contribution in [2.45, 2.75) is 18.9 Å². The van der Waals surface area contributed by atoms with Gasteiger partial charge in [0, 0.05) is 19.1 Å². The highest BCUT2D eigenvalue weighted by Gasteiger charge is 2.35. The van der Waals surface area contributed by atoms with Crippen molar-refractivity contribution >= 4 is 17.7 Å². The Hall–Kier alpha value is -0.220. The predicted octanol–water partition coefficient (Wildman–Crippen LogP) is 0.560. The normalized spacial score (nSPS) is 31.6. The van der Waals surface area contributed by atoms with E-state index >= 15 is 0 Å². The van der Waals surface area contributed by atoms with Gasteiger partial charge in [0.2, 0.25) is 5.91 Å². The van der Waals surface area contributed by atoms with Gasteiger partial charge in [-0.15, -0.1) is 0 Å². The molecular formula is C10H18N2OS. The Bertz CT molecular complexity index is 208. The third-order valence-corrected chi connectivity index (χ3v) is 3.76. The molecule has 0 aromatic carbocycles. The molecule has 1 amide bonds. The molecule has 2 aliphatic heterocycles. The Morgan fingerprint density at radius 2 is 2.43 bits per heavy atom. The van der Waals surface area contributed by atoms with Crippen LogP contribution in [0.4, 0.5) is 0 Å². The number of nitrogens with one attached hydrogen (secondary N) is 1. The molecule has 80 valence electrons. The minimum Gasteiger partial charge on any atom is -0.340 e. The molecule has 3 nitrogen and oxygen atoms in total. The lowest BCUT2D eigenvalue weighted by atomic mass is 9.94. The molecule has 0 bridgehead atoms. The fourth-order valence-electron chi connectivity index (χ4n) is 2.47. The maximum Gasteiger partial charge on any atom is 0.232 e. The first-order valence-electron chi connectivity index (χ1n) is 5.31. The number of carbonyl (C=O) groups is 1. The lowest BCUT2D eigenvalue weighted by Crippen LogP contribution is -2.41. The summed E-state index contributed by atoms with van der Waals surface area (Å²) in [6.45, 7) is 3.05. The van der Waals surface area contributed by atoms with Crippen molar-refractivity contribution in [3.63, 3.8) is 0 Å². The average Bonchev–Trinajstić information content (AvgIpc) is 2.61. The van der Waals surface area contributed by atoms with Gasteiger partial charge in [-0.25, -0.2) is 0 Å². The van der Waals surface area contributed by atoms with Gasteiger partial charge in [-0.2, -0.15) is 11.8 Å². The molecule has 2 heterocycles. The zero-order chi connectivity index (χ0) is 9.97. The fourth-order valence-corrected chi connectivity index (χ4v) is 2.89. The Morgan fingerprint density at radius 1 is 1.57 bits per heavy atom. The first-order valence-corrected chi connectivity index (χ1v) is 6.70. The average molecular weight is 214 g/mol. The van der Waals surface area contributed by atoms with E-state index in [4.69, 9.17) is 0 Å². The lowest BCUT2D eigenvalue weighted by molar-refractivity contribution is -0.127. The van der Waals surface area contributed by atoms with Crippen molar-refractivity contribution in [2.75, 3.05) is 31.6 Å². The fraction of sp³-hybridized carbons (Fsp3) is 0.900. The van der Waals surface area contributed by atoms with Crippen LogP contribution in [0, 0.1) is 5.92 Å². The van der Waals surface area contributed by atoms with Crippen LogP contribution in [0.15, 0.2) is 0 Å². The molecule has 0 aromatic rings. The summed E-state index contributed by atoms with van der Waals surface area (Å²) in [7, 11) is 0. The van der Waals surface area contributed by atoms with E-state index in [1.807, 2.05) is 11.2 Å². The summed E-state index contributed by atoms with van der Waals surface area (Å²) in [6.07, 6.45) is 4.55. The summed E-state index contributed by atoms with van der Waals surface area (Å²) in [5.41, 5.74) is 0. The van der Waals surface area contributed by atoms with Gasteiger partial charge in [-0.3, -0.25) is 4.79 Å². The first-order chi connectivity index (χ1) is 6.81. The van der Waals surface area contributed by atoms with E-state index in [1.165, 1.54) is 12.8 Å². The molecule has 2 unspecified atom stereocenters. The van der Waals surface area contributed by atoms with Gasteiger partial charge < -0.3 is 10.2 Å². The maximum absolute atomic E-state index is 11.7. The number of hydrogen-bond acceptors (Lipinski definition) is 3. The van der Waals surface area contributed by atoms with Crippen LogP contribution < -0.4 is 5.32 Å². The minimum absolute atomic E-state index is 0.314.